The van der Waals surface area contributed by atoms with E-state index in [-0.39, 0.29) is 11.9 Å². The predicted octanol–water partition coefficient (Wildman–Crippen LogP) is 2.30. The van der Waals surface area contributed by atoms with Crippen molar-refractivity contribution in [3.8, 4) is 0 Å². The second-order valence-electron chi connectivity index (χ2n) is 5.38. The molecule has 122 valence electrons. The number of thioether (sulfide) groups is 1. The Bertz CT molecular complexity index is 676. The first kappa shape index (κ1) is 16.4. The van der Waals surface area contributed by atoms with Gasteiger partial charge in [0.15, 0.2) is 0 Å². The van der Waals surface area contributed by atoms with E-state index in [4.69, 9.17) is 11.6 Å². The van der Waals surface area contributed by atoms with Gasteiger partial charge in [0, 0.05) is 41.7 Å². The first-order valence-electron chi connectivity index (χ1n) is 7.59. The van der Waals surface area contributed by atoms with Crippen LogP contribution in [0.5, 0.6) is 0 Å². The van der Waals surface area contributed by atoms with Crippen molar-refractivity contribution in [3.63, 3.8) is 0 Å². The molecule has 3 N–H and O–H groups in total. The molecule has 0 saturated heterocycles. The van der Waals surface area contributed by atoms with Crippen LogP contribution in [0.15, 0.2) is 30.6 Å². The molecule has 1 aliphatic rings. The number of halogens is 1. The van der Waals surface area contributed by atoms with Gasteiger partial charge in [0.1, 0.15) is 6.04 Å². The Balaban J connectivity index is 1.40. The summed E-state index contributed by atoms with van der Waals surface area (Å²) in [4.78, 5) is 19.6. The average Bonchev–Trinajstić information content (AvgIpc) is 3.03. The van der Waals surface area contributed by atoms with Gasteiger partial charge in [0.25, 0.3) is 0 Å². The number of benzene rings is 1. The fraction of sp³-hybridized carbons (Fsp3) is 0.375. The van der Waals surface area contributed by atoms with Crippen LogP contribution in [0.3, 0.4) is 0 Å². The summed E-state index contributed by atoms with van der Waals surface area (Å²) in [6.45, 7) is 1.43. The second kappa shape index (κ2) is 7.86. The van der Waals surface area contributed by atoms with Crippen molar-refractivity contribution in [2.24, 2.45) is 0 Å². The largest absolute Gasteiger partial charge is 0.354 e. The number of aromatic nitrogens is 2. The van der Waals surface area contributed by atoms with Crippen molar-refractivity contribution in [2.75, 3.05) is 18.8 Å². The summed E-state index contributed by atoms with van der Waals surface area (Å²) in [6, 6.07) is 7.51. The lowest BCUT2D eigenvalue weighted by atomic mass is 10.1. The Hall–Kier alpha value is -1.50. The molecule has 0 aliphatic carbocycles. The zero-order chi connectivity index (χ0) is 16.1. The summed E-state index contributed by atoms with van der Waals surface area (Å²) in [5.41, 5.74) is 3.07. The van der Waals surface area contributed by atoms with E-state index in [0.29, 0.717) is 6.54 Å². The van der Waals surface area contributed by atoms with Crippen LogP contribution in [-0.2, 0) is 17.0 Å². The monoisotopic (exact) mass is 350 g/mol. The molecule has 7 heteroatoms. The smallest absolute Gasteiger partial charge is 0.243 e. The maximum atomic E-state index is 12.3. The van der Waals surface area contributed by atoms with Crippen LogP contribution in [0.4, 0.5) is 0 Å². The van der Waals surface area contributed by atoms with Crippen LogP contribution in [0.1, 0.15) is 23.0 Å². The molecule has 0 bridgehead atoms. The lowest BCUT2D eigenvalue weighted by Crippen LogP contribution is -2.42. The molecule has 1 unspecified atom stereocenters. The number of hydrogen-bond donors (Lipinski definition) is 3. The van der Waals surface area contributed by atoms with E-state index in [9.17, 15) is 4.79 Å². The van der Waals surface area contributed by atoms with Gasteiger partial charge in [0.2, 0.25) is 5.91 Å². The molecule has 0 spiro atoms. The fourth-order valence-electron chi connectivity index (χ4n) is 2.60. The molecule has 5 nitrogen and oxygen atoms in total. The highest BCUT2D eigenvalue weighted by molar-refractivity contribution is 7.98. The highest BCUT2D eigenvalue weighted by Gasteiger charge is 2.27. The van der Waals surface area contributed by atoms with E-state index in [1.54, 1.807) is 18.1 Å². The highest BCUT2D eigenvalue weighted by atomic mass is 35.5. The van der Waals surface area contributed by atoms with Gasteiger partial charge in [-0.25, -0.2) is 4.98 Å². The molecule has 0 radical (unpaired) electrons. The van der Waals surface area contributed by atoms with Gasteiger partial charge in [0.05, 0.1) is 12.0 Å². The normalized spacial score (nSPS) is 16.8. The molecule has 1 atom stereocenters. The first-order chi connectivity index (χ1) is 11.2. The third-order valence-corrected chi connectivity index (χ3v) is 4.98. The Morgan fingerprint density at radius 2 is 2.39 bits per heavy atom. The SMILES string of the molecule is O=C(NCCSCc1cccc(Cl)c1)C1NCCc2[nH]cnc21. The molecule has 23 heavy (non-hydrogen) atoms. The molecular formula is C16H19ClN4OS. The maximum absolute atomic E-state index is 12.3. The number of hydrogen-bond acceptors (Lipinski definition) is 4. The molecule has 2 heterocycles. The minimum atomic E-state index is -0.345. The number of H-pyrrole nitrogens is 1. The predicted molar refractivity (Wildman–Crippen MR) is 93.7 cm³/mol. The number of fused-ring (bicyclic) bond motifs is 1. The average molecular weight is 351 g/mol. The summed E-state index contributed by atoms with van der Waals surface area (Å²) in [6.07, 6.45) is 2.54. The number of carbonyl (C=O) groups is 1. The number of amides is 1. The fourth-order valence-corrected chi connectivity index (χ4v) is 3.62. The van der Waals surface area contributed by atoms with Crippen molar-refractivity contribution >= 4 is 29.3 Å². The van der Waals surface area contributed by atoms with E-state index < -0.39 is 0 Å². The van der Waals surface area contributed by atoms with Crippen LogP contribution in [0, 0.1) is 0 Å². The van der Waals surface area contributed by atoms with Crippen LogP contribution < -0.4 is 10.6 Å². The summed E-state index contributed by atoms with van der Waals surface area (Å²) < 4.78 is 0. The summed E-state index contributed by atoms with van der Waals surface area (Å²) in [5.74, 6) is 1.74. The van der Waals surface area contributed by atoms with Crippen molar-refractivity contribution in [2.45, 2.75) is 18.2 Å². The van der Waals surface area contributed by atoms with E-state index >= 15 is 0 Å². The van der Waals surface area contributed by atoms with E-state index in [2.05, 4.69) is 26.7 Å². The third-order valence-electron chi connectivity index (χ3n) is 3.71. The number of carbonyl (C=O) groups excluding carboxylic acids is 1. The van der Waals surface area contributed by atoms with E-state index in [1.807, 2.05) is 18.2 Å². The third kappa shape index (κ3) is 4.28. The Morgan fingerprint density at radius 1 is 1.48 bits per heavy atom. The van der Waals surface area contributed by atoms with Gasteiger partial charge in [-0.3, -0.25) is 4.79 Å². The number of aromatic amines is 1. The topological polar surface area (TPSA) is 69.8 Å². The highest BCUT2D eigenvalue weighted by Crippen LogP contribution is 2.19. The lowest BCUT2D eigenvalue weighted by Gasteiger charge is -2.22. The number of imidazole rings is 1. The van der Waals surface area contributed by atoms with Crippen LogP contribution in [0.25, 0.3) is 0 Å². The molecule has 3 rings (SSSR count). The molecule has 1 aromatic heterocycles. The first-order valence-corrected chi connectivity index (χ1v) is 9.13. The second-order valence-corrected chi connectivity index (χ2v) is 6.92. The van der Waals surface area contributed by atoms with Crippen molar-refractivity contribution in [1.29, 1.82) is 0 Å². The Morgan fingerprint density at radius 3 is 3.26 bits per heavy atom. The van der Waals surface area contributed by atoms with Gasteiger partial charge >= 0.3 is 0 Å². The van der Waals surface area contributed by atoms with Crippen LogP contribution in [-0.4, -0.2) is 34.7 Å². The zero-order valence-electron chi connectivity index (χ0n) is 12.6. The standard InChI is InChI=1S/C16H19ClN4OS/c17-12-3-1-2-11(8-12)9-23-7-6-19-16(22)15-14-13(4-5-18-15)20-10-21-14/h1-3,8,10,15,18H,4-7,9H2,(H,19,22)(H,20,21). The van der Waals surface area contributed by atoms with Crippen LogP contribution >= 0.6 is 23.4 Å². The molecule has 0 saturated carbocycles. The molecular weight excluding hydrogens is 332 g/mol. The van der Waals surface area contributed by atoms with Gasteiger partial charge in [-0.1, -0.05) is 23.7 Å². The minimum Gasteiger partial charge on any atom is -0.354 e. The van der Waals surface area contributed by atoms with Gasteiger partial charge in [-0.05, 0) is 17.7 Å². The molecule has 2 aromatic rings. The minimum absolute atomic E-state index is 0.0126. The number of nitrogens with one attached hydrogen (secondary N) is 3. The van der Waals surface area contributed by atoms with E-state index in [0.717, 1.165) is 40.9 Å². The molecule has 0 fully saturated rings. The van der Waals surface area contributed by atoms with E-state index in [1.165, 1.54) is 5.56 Å². The molecule has 1 amide bonds. The maximum Gasteiger partial charge on any atom is 0.243 e. The lowest BCUT2D eigenvalue weighted by molar-refractivity contribution is -0.123. The Kier molecular flexibility index (Phi) is 5.59. The number of nitrogens with zero attached hydrogens (tertiary/aromatic N) is 1. The number of rotatable bonds is 6. The molecule has 1 aliphatic heterocycles. The van der Waals surface area contributed by atoms with Crippen molar-refractivity contribution in [1.82, 2.24) is 20.6 Å². The summed E-state index contributed by atoms with van der Waals surface area (Å²) >= 11 is 7.74. The van der Waals surface area contributed by atoms with Gasteiger partial charge in [-0.2, -0.15) is 11.8 Å². The summed E-state index contributed by atoms with van der Waals surface area (Å²) in [5, 5.41) is 6.96. The molecule has 1 aromatic carbocycles. The van der Waals surface area contributed by atoms with Crippen molar-refractivity contribution < 1.29 is 4.79 Å². The quantitative estimate of drug-likeness (QED) is 0.699. The zero-order valence-corrected chi connectivity index (χ0v) is 14.2. The summed E-state index contributed by atoms with van der Waals surface area (Å²) in [7, 11) is 0. The van der Waals surface area contributed by atoms with Gasteiger partial charge in [-0.15, -0.1) is 0 Å². The van der Waals surface area contributed by atoms with Crippen LogP contribution in [0.2, 0.25) is 5.02 Å². The van der Waals surface area contributed by atoms with Gasteiger partial charge < -0.3 is 15.6 Å². The Labute approximate surface area is 144 Å². The van der Waals surface area contributed by atoms with Crippen molar-refractivity contribution in [3.05, 3.63) is 52.6 Å².